The van der Waals surface area contributed by atoms with Crippen LogP contribution in [-0.4, -0.2) is 12.1 Å². The Bertz CT molecular complexity index is 394. The molecule has 0 saturated heterocycles. The molecule has 100 valence electrons. The number of hydrogen-bond donors (Lipinski definition) is 1. The highest BCUT2D eigenvalue weighted by Crippen LogP contribution is 2.31. The Labute approximate surface area is 111 Å². The maximum absolute atomic E-state index is 6.22. The predicted octanol–water partition coefficient (Wildman–Crippen LogP) is 3.48. The lowest BCUT2D eigenvalue weighted by atomic mass is 9.84. The first-order valence-electron chi connectivity index (χ1n) is 7.05. The van der Waals surface area contributed by atoms with Gasteiger partial charge < -0.3 is 10.5 Å². The zero-order valence-electron chi connectivity index (χ0n) is 11.7. The van der Waals surface area contributed by atoms with Crippen LogP contribution in [0, 0.1) is 13.8 Å². The van der Waals surface area contributed by atoms with Gasteiger partial charge in [0, 0.05) is 6.54 Å². The van der Waals surface area contributed by atoms with Gasteiger partial charge in [0.1, 0.15) is 0 Å². The molecule has 0 bridgehead atoms. The van der Waals surface area contributed by atoms with Crippen molar-refractivity contribution in [2.45, 2.75) is 58.2 Å². The fourth-order valence-corrected chi connectivity index (χ4v) is 2.79. The van der Waals surface area contributed by atoms with E-state index in [-0.39, 0.29) is 5.60 Å². The van der Waals surface area contributed by atoms with Gasteiger partial charge in [-0.05, 0) is 37.8 Å². The standard InChI is InChI=1S/C16H25NO/c1-13-6-7-14(2)15(10-13)11-18-16(12-17)8-4-3-5-9-16/h6-7,10H,3-5,8-9,11-12,17H2,1-2H3. The van der Waals surface area contributed by atoms with Gasteiger partial charge in [0.05, 0.1) is 12.2 Å². The summed E-state index contributed by atoms with van der Waals surface area (Å²) in [5, 5.41) is 0. The molecule has 0 radical (unpaired) electrons. The van der Waals surface area contributed by atoms with E-state index in [1.54, 1.807) is 0 Å². The quantitative estimate of drug-likeness (QED) is 0.884. The van der Waals surface area contributed by atoms with Crippen molar-refractivity contribution in [3.63, 3.8) is 0 Å². The highest BCUT2D eigenvalue weighted by atomic mass is 16.5. The van der Waals surface area contributed by atoms with Crippen LogP contribution in [0.15, 0.2) is 18.2 Å². The van der Waals surface area contributed by atoms with E-state index < -0.39 is 0 Å². The fraction of sp³-hybridized carbons (Fsp3) is 0.625. The van der Waals surface area contributed by atoms with E-state index in [0.717, 1.165) is 12.8 Å². The van der Waals surface area contributed by atoms with Crippen molar-refractivity contribution in [2.75, 3.05) is 6.54 Å². The van der Waals surface area contributed by atoms with Crippen LogP contribution in [0.2, 0.25) is 0 Å². The van der Waals surface area contributed by atoms with Gasteiger partial charge >= 0.3 is 0 Å². The van der Waals surface area contributed by atoms with Crippen molar-refractivity contribution >= 4 is 0 Å². The van der Waals surface area contributed by atoms with E-state index in [1.807, 2.05) is 0 Å². The Morgan fingerprint density at radius 3 is 2.56 bits per heavy atom. The van der Waals surface area contributed by atoms with Crippen LogP contribution < -0.4 is 5.73 Å². The molecule has 0 aromatic heterocycles. The fourth-order valence-electron chi connectivity index (χ4n) is 2.79. The topological polar surface area (TPSA) is 35.2 Å². The normalized spacial score (nSPS) is 18.8. The minimum Gasteiger partial charge on any atom is -0.369 e. The van der Waals surface area contributed by atoms with Crippen molar-refractivity contribution in [2.24, 2.45) is 5.73 Å². The molecule has 1 saturated carbocycles. The first-order valence-corrected chi connectivity index (χ1v) is 7.05. The molecule has 2 heteroatoms. The first kappa shape index (κ1) is 13.6. The van der Waals surface area contributed by atoms with Gasteiger partial charge in [0.2, 0.25) is 0 Å². The summed E-state index contributed by atoms with van der Waals surface area (Å²) in [5.74, 6) is 0. The Morgan fingerprint density at radius 2 is 1.89 bits per heavy atom. The smallest absolute Gasteiger partial charge is 0.0808 e. The summed E-state index contributed by atoms with van der Waals surface area (Å²) >= 11 is 0. The van der Waals surface area contributed by atoms with Crippen LogP contribution in [0.5, 0.6) is 0 Å². The molecule has 0 heterocycles. The van der Waals surface area contributed by atoms with Gasteiger partial charge in [-0.25, -0.2) is 0 Å². The molecule has 1 aliphatic rings. The van der Waals surface area contributed by atoms with Crippen molar-refractivity contribution in [1.82, 2.24) is 0 Å². The van der Waals surface area contributed by atoms with Gasteiger partial charge in [0.25, 0.3) is 0 Å². The van der Waals surface area contributed by atoms with Crippen LogP contribution in [0.4, 0.5) is 0 Å². The molecule has 2 rings (SSSR count). The van der Waals surface area contributed by atoms with Crippen molar-refractivity contribution in [1.29, 1.82) is 0 Å². The van der Waals surface area contributed by atoms with Gasteiger partial charge in [-0.3, -0.25) is 0 Å². The second-order valence-corrected chi connectivity index (χ2v) is 5.67. The van der Waals surface area contributed by atoms with Crippen LogP contribution >= 0.6 is 0 Å². The lowest BCUT2D eigenvalue weighted by molar-refractivity contribution is -0.0735. The zero-order valence-corrected chi connectivity index (χ0v) is 11.7. The summed E-state index contributed by atoms with van der Waals surface area (Å²) in [7, 11) is 0. The molecule has 0 atom stereocenters. The molecule has 1 aromatic carbocycles. The SMILES string of the molecule is Cc1ccc(C)c(COC2(CN)CCCCC2)c1. The van der Waals surface area contributed by atoms with E-state index in [4.69, 9.17) is 10.5 Å². The third-order valence-corrected chi connectivity index (χ3v) is 4.18. The van der Waals surface area contributed by atoms with Crippen LogP contribution in [0.1, 0.15) is 48.8 Å². The van der Waals surface area contributed by atoms with E-state index in [1.165, 1.54) is 36.0 Å². The highest BCUT2D eigenvalue weighted by molar-refractivity contribution is 5.29. The van der Waals surface area contributed by atoms with Crippen LogP contribution in [0.25, 0.3) is 0 Å². The zero-order chi connectivity index (χ0) is 13.0. The first-order chi connectivity index (χ1) is 8.65. The molecule has 1 aromatic rings. The molecule has 1 aliphatic carbocycles. The Kier molecular flexibility index (Phi) is 4.41. The Hall–Kier alpha value is -0.860. The third kappa shape index (κ3) is 3.12. The monoisotopic (exact) mass is 247 g/mol. The number of benzene rings is 1. The largest absolute Gasteiger partial charge is 0.369 e. The molecule has 18 heavy (non-hydrogen) atoms. The molecule has 0 amide bonds. The second-order valence-electron chi connectivity index (χ2n) is 5.67. The molecular weight excluding hydrogens is 222 g/mol. The van der Waals surface area contributed by atoms with Crippen LogP contribution in [-0.2, 0) is 11.3 Å². The Balaban J connectivity index is 2.03. The van der Waals surface area contributed by atoms with E-state index in [9.17, 15) is 0 Å². The number of ether oxygens (including phenoxy) is 1. The lowest BCUT2D eigenvalue weighted by Gasteiger charge is -2.36. The molecule has 0 aliphatic heterocycles. The predicted molar refractivity (Wildman–Crippen MR) is 75.6 cm³/mol. The van der Waals surface area contributed by atoms with Crippen molar-refractivity contribution in [3.8, 4) is 0 Å². The van der Waals surface area contributed by atoms with Gasteiger partial charge in [0.15, 0.2) is 0 Å². The average molecular weight is 247 g/mol. The summed E-state index contributed by atoms with van der Waals surface area (Å²) in [6, 6.07) is 6.55. The van der Waals surface area contributed by atoms with Gasteiger partial charge in [-0.2, -0.15) is 0 Å². The van der Waals surface area contributed by atoms with E-state index in [0.29, 0.717) is 13.2 Å². The molecule has 2 N–H and O–H groups in total. The summed E-state index contributed by atoms with van der Waals surface area (Å²) < 4.78 is 6.22. The molecule has 2 nitrogen and oxygen atoms in total. The molecular formula is C16H25NO. The lowest BCUT2D eigenvalue weighted by Crippen LogP contribution is -2.42. The number of rotatable bonds is 4. The minimum absolute atomic E-state index is 0.0611. The highest BCUT2D eigenvalue weighted by Gasteiger charge is 2.31. The van der Waals surface area contributed by atoms with Crippen LogP contribution in [0.3, 0.4) is 0 Å². The van der Waals surface area contributed by atoms with E-state index in [2.05, 4.69) is 32.0 Å². The molecule has 0 spiro atoms. The summed E-state index contributed by atoms with van der Waals surface area (Å²) in [6.07, 6.45) is 6.07. The summed E-state index contributed by atoms with van der Waals surface area (Å²) in [5.41, 5.74) is 9.79. The van der Waals surface area contributed by atoms with Crippen molar-refractivity contribution < 1.29 is 4.74 Å². The summed E-state index contributed by atoms with van der Waals surface area (Å²) in [6.45, 7) is 5.62. The Morgan fingerprint density at radius 1 is 1.17 bits per heavy atom. The van der Waals surface area contributed by atoms with Gasteiger partial charge in [-0.1, -0.05) is 43.0 Å². The number of hydrogen-bond acceptors (Lipinski definition) is 2. The van der Waals surface area contributed by atoms with Gasteiger partial charge in [-0.15, -0.1) is 0 Å². The maximum atomic E-state index is 6.22. The number of nitrogens with two attached hydrogens (primary N) is 1. The second kappa shape index (κ2) is 5.85. The van der Waals surface area contributed by atoms with Crippen molar-refractivity contribution in [3.05, 3.63) is 34.9 Å². The maximum Gasteiger partial charge on any atom is 0.0808 e. The molecule has 1 fully saturated rings. The summed E-state index contributed by atoms with van der Waals surface area (Å²) in [4.78, 5) is 0. The molecule has 0 unspecified atom stereocenters. The average Bonchev–Trinajstić information content (AvgIpc) is 2.41. The third-order valence-electron chi connectivity index (χ3n) is 4.18. The van der Waals surface area contributed by atoms with E-state index >= 15 is 0 Å². The minimum atomic E-state index is -0.0611. The number of aryl methyl sites for hydroxylation is 2.